The highest BCUT2D eigenvalue weighted by atomic mass is 16.5. The molecule has 0 aliphatic carbocycles. The molecule has 118 valence electrons. The van der Waals surface area contributed by atoms with Gasteiger partial charge < -0.3 is 15.8 Å². The summed E-state index contributed by atoms with van der Waals surface area (Å²) in [5, 5.41) is 2.96. The molecule has 1 unspecified atom stereocenters. The second kappa shape index (κ2) is 5.96. The van der Waals surface area contributed by atoms with Crippen LogP contribution in [0.25, 0.3) is 0 Å². The Hall–Kier alpha value is -2.08. The molecule has 0 saturated carbocycles. The van der Waals surface area contributed by atoms with Crippen LogP contribution in [0.2, 0.25) is 0 Å². The van der Waals surface area contributed by atoms with Crippen molar-refractivity contribution in [1.82, 2.24) is 10.2 Å². The molecule has 2 amide bonds. The lowest BCUT2D eigenvalue weighted by Gasteiger charge is -2.42. The highest BCUT2D eigenvalue weighted by molar-refractivity contribution is 5.97. The van der Waals surface area contributed by atoms with Crippen LogP contribution in [0, 0.1) is 0 Å². The highest BCUT2D eigenvalue weighted by Gasteiger charge is 2.40. The van der Waals surface area contributed by atoms with Gasteiger partial charge in [0.15, 0.2) is 0 Å². The summed E-state index contributed by atoms with van der Waals surface area (Å²) < 4.78 is 6.25. The van der Waals surface area contributed by atoms with E-state index < -0.39 is 5.60 Å². The lowest BCUT2D eigenvalue weighted by atomic mass is 9.92. The van der Waals surface area contributed by atoms with Crippen LogP contribution in [0.5, 0.6) is 5.75 Å². The molecule has 1 fully saturated rings. The van der Waals surface area contributed by atoms with Crippen LogP contribution in [0.4, 0.5) is 0 Å². The molecule has 6 nitrogen and oxygen atoms in total. The van der Waals surface area contributed by atoms with Gasteiger partial charge in [-0.1, -0.05) is 12.1 Å². The van der Waals surface area contributed by atoms with Crippen LogP contribution in [0.3, 0.4) is 0 Å². The van der Waals surface area contributed by atoms with E-state index in [1.807, 2.05) is 18.2 Å². The summed E-state index contributed by atoms with van der Waals surface area (Å²) in [6.07, 6.45) is 2.20. The topological polar surface area (TPSA) is 84.7 Å². The lowest BCUT2D eigenvalue weighted by Crippen LogP contribution is -2.57. The first-order valence-corrected chi connectivity index (χ1v) is 7.65. The number of fused-ring (bicyclic) bond motifs is 1. The van der Waals surface area contributed by atoms with Gasteiger partial charge in [0, 0.05) is 19.5 Å². The predicted octanol–water partition coefficient (Wildman–Crippen LogP) is 0.519. The molecule has 3 N–H and O–H groups in total. The van der Waals surface area contributed by atoms with Crippen molar-refractivity contribution in [3.05, 3.63) is 29.8 Å². The van der Waals surface area contributed by atoms with Crippen LogP contribution in [-0.4, -0.2) is 48.5 Å². The number of primary amides is 1. The zero-order valence-electron chi connectivity index (χ0n) is 12.5. The minimum atomic E-state index is -0.432. The van der Waals surface area contributed by atoms with Crippen molar-refractivity contribution in [3.63, 3.8) is 0 Å². The van der Waals surface area contributed by atoms with E-state index in [1.165, 1.54) is 0 Å². The summed E-state index contributed by atoms with van der Waals surface area (Å²) in [5.74, 6) is 0.246. The zero-order valence-corrected chi connectivity index (χ0v) is 12.5. The quantitative estimate of drug-likeness (QED) is 0.852. The van der Waals surface area contributed by atoms with Crippen LogP contribution in [-0.2, 0) is 4.79 Å². The van der Waals surface area contributed by atoms with E-state index in [0.29, 0.717) is 37.4 Å². The number of piperidine rings is 1. The molecule has 22 heavy (non-hydrogen) atoms. The molecule has 6 heteroatoms. The largest absolute Gasteiger partial charge is 0.483 e. The summed E-state index contributed by atoms with van der Waals surface area (Å²) in [6.45, 7) is 2.73. The Morgan fingerprint density at radius 3 is 3.05 bits per heavy atom. The van der Waals surface area contributed by atoms with E-state index >= 15 is 0 Å². The van der Waals surface area contributed by atoms with Gasteiger partial charge in [0.2, 0.25) is 5.91 Å². The summed E-state index contributed by atoms with van der Waals surface area (Å²) in [6, 6.07) is 7.32. The fourth-order valence-electron chi connectivity index (χ4n) is 3.23. The molecule has 1 aromatic rings. The number of hydrogen-bond donors (Lipinski definition) is 2. The smallest absolute Gasteiger partial charge is 0.255 e. The summed E-state index contributed by atoms with van der Waals surface area (Å²) in [7, 11) is 0. The first-order valence-electron chi connectivity index (χ1n) is 7.65. The molecule has 1 saturated heterocycles. The Morgan fingerprint density at radius 1 is 1.41 bits per heavy atom. The number of ether oxygens (including phenoxy) is 1. The van der Waals surface area contributed by atoms with Gasteiger partial charge >= 0.3 is 0 Å². The van der Waals surface area contributed by atoms with Crippen molar-refractivity contribution < 1.29 is 14.3 Å². The Bertz CT molecular complexity index is 590. The van der Waals surface area contributed by atoms with E-state index in [-0.39, 0.29) is 11.8 Å². The van der Waals surface area contributed by atoms with Crippen LogP contribution in [0.15, 0.2) is 24.3 Å². The number of likely N-dealkylation sites (tertiary alicyclic amines) is 1. The van der Waals surface area contributed by atoms with Crippen LogP contribution < -0.4 is 15.8 Å². The van der Waals surface area contributed by atoms with Crippen molar-refractivity contribution in [3.8, 4) is 5.75 Å². The molecule has 2 heterocycles. The SMILES string of the molecule is NC(=O)CCN1CCCC2(CNC(=O)c3ccccc3O2)C1. The monoisotopic (exact) mass is 303 g/mol. The molecular weight excluding hydrogens is 282 g/mol. The maximum absolute atomic E-state index is 12.2. The number of amides is 2. The average molecular weight is 303 g/mol. The Morgan fingerprint density at radius 2 is 2.23 bits per heavy atom. The molecule has 1 aromatic carbocycles. The van der Waals surface area contributed by atoms with Crippen molar-refractivity contribution in [1.29, 1.82) is 0 Å². The Labute approximate surface area is 129 Å². The maximum atomic E-state index is 12.2. The van der Waals surface area contributed by atoms with Crippen molar-refractivity contribution >= 4 is 11.8 Å². The third-order valence-corrected chi connectivity index (χ3v) is 4.32. The normalized spacial score (nSPS) is 25.0. The molecule has 0 bridgehead atoms. The van der Waals surface area contributed by atoms with E-state index in [1.54, 1.807) is 6.07 Å². The molecule has 3 rings (SSSR count). The molecule has 2 aliphatic heterocycles. The number of carbonyl (C=O) groups is 2. The van der Waals surface area contributed by atoms with Gasteiger partial charge in [0.05, 0.1) is 12.1 Å². The minimum absolute atomic E-state index is 0.0956. The molecule has 2 aliphatic rings. The fraction of sp³-hybridized carbons (Fsp3) is 0.500. The average Bonchev–Trinajstić information content (AvgIpc) is 2.64. The number of hydrogen-bond acceptors (Lipinski definition) is 4. The van der Waals surface area contributed by atoms with Crippen molar-refractivity contribution in [2.24, 2.45) is 5.73 Å². The van der Waals surface area contributed by atoms with E-state index in [9.17, 15) is 9.59 Å². The van der Waals surface area contributed by atoms with E-state index in [4.69, 9.17) is 10.5 Å². The van der Waals surface area contributed by atoms with Gasteiger partial charge in [-0.25, -0.2) is 0 Å². The number of nitrogens with two attached hydrogens (primary N) is 1. The highest BCUT2D eigenvalue weighted by Crippen LogP contribution is 2.31. The molecule has 0 radical (unpaired) electrons. The van der Waals surface area contributed by atoms with Crippen LogP contribution in [0.1, 0.15) is 29.6 Å². The summed E-state index contributed by atoms with van der Waals surface area (Å²) in [5.41, 5.74) is 5.38. The van der Waals surface area contributed by atoms with E-state index in [0.717, 1.165) is 19.4 Å². The molecule has 1 spiro atoms. The maximum Gasteiger partial charge on any atom is 0.255 e. The molecular formula is C16H21N3O3. The first-order chi connectivity index (χ1) is 10.6. The van der Waals surface area contributed by atoms with Gasteiger partial charge in [-0.3, -0.25) is 14.5 Å². The number of para-hydroxylation sites is 1. The van der Waals surface area contributed by atoms with E-state index in [2.05, 4.69) is 10.2 Å². The van der Waals surface area contributed by atoms with Crippen molar-refractivity contribution in [2.75, 3.05) is 26.2 Å². The minimum Gasteiger partial charge on any atom is -0.483 e. The zero-order chi connectivity index (χ0) is 15.6. The number of carbonyl (C=O) groups excluding carboxylic acids is 2. The lowest BCUT2D eigenvalue weighted by molar-refractivity contribution is -0.118. The number of benzene rings is 1. The Kier molecular flexibility index (Phi) is 4.02. The summed E-state index contributed by atoms with van der Waals surface area (Å²) >= 11 is 0. The fourth-order valence-corrected chi connectivity index (χ4v) is 3.23. The first kappa shape index (κ1) is 14.8. The third-order valence-electron chi connectivity index (χ3n) is 4.32. The van der Waals surface area contributed by atoms with Crippen molar-refractivity contribution in [2.45, 2.75) is 24.9 Å². The van der Waals surface area contributed by atoms with Gasteiger partial charge in [0.25, 0.3) is 5.91 Å². The number of rotatable bonds is 3. The van der Waals surface area contributed by atoms with Crippen LogP contribution >= 0.6 is 0 Å². The predicted molar refractivity (Wildman–Crippen MR) is 81.6 cm³/mol. The van der Waals surface area contributed by atoms with Gasteiger partial charge in [-0.15, -0.1) is 0 Å². The molecule has 0 aromatic heterocycles. The second-order valence-electron chi connectivity index (χ2n) is 6.06. The second-order valence-corrected chi connectivity index (χ2v) is 6.06. The number of nitrogens with one attached hydrogen (secondary N) is 1. The standard InChI is InChI=1S/C16H21N3O3/c17-14(20)6-9-19-8-3-7-16(11-19)10-18-15(21)12-4-1-2-5-13(12)22-16/h1-2,4-5H,3,6-11H2,(H2,17,20)(H,18,21). The number of nitrogens with zero attached hydrogens (tertiary/aromatic N) is 1. The Balaban J connectivity index is 1.78. The van der Waals surface area contributed by atoms with Gasteiger partial charge in [0.1, 0.15) is 11.4 Å². The summed E-state index contributed by atoms with van der Waals surface area (Å²) in [4.78, 5) is 25.3. The van der Waals surface area contributed by atoms with Gasteiger partial charge in [-0.2, -0.15) is 0 Å². The molecule has 1 atom stereocenters. The third kappa shape index (κ3) is 3.06. The van der Waals surface area contributed by atoms with Gasteiger partial charge in [-0.05, 0) is 31.5 Å².